The third kappa shape index (κ3) is 5.21. The van der Waals surface area contributed by atoms with Crippen LogP contribution < -0.4 is 5.69 Å². The summed E-state index contributed by atoms with van der Waals surface area (Å²) < 4.78 is 0. The summed E-state index contributed by atoms with van der Waals surface area (Å²) >= 11 is 0. The normalized spacial score (nSPS) is 14.1. The van der Waals surface area contributed by atoms with Gasteiger partial charge in [0.1, 0.15) is 5.75 Å². The van der Waals surface area contributed by atoms with Crippen molar-refractivity contribution in [3.8, 4) is 28.3 Å². The topological polar surface area (TPSA) is 89.5 Å². The first-order chi connectivity index (χ1) is 17.5. The summed E-state index contributed by atoms with van der Waals surface area (Å²) in [6, 6.07) is 24.6. The van der Waals surface area contributed by atoms with E-state index in [1.807, 2.05) is 41.3 Å². The van der Waals surface area contributed by atoms with E-state index in [2.05, 4.69) is 27.0 Å². The van der Waals surface area contributed by atoms with Crippen LogP contribution in [0.4, 0.5) is 0 Å². The van der Waals surface area contributed by atoms with E-state index in [9.17, 15) is 14.7 Å². The van der Waals surface area contributed by atoms with Crippen molar-refractivity contribution in [3.05, 3.63) is 106 Å². The number of piperazine rings is 1. The van der Waals surface area contributed by atoms with Crippen LogP contribution in [0.5, 0.6) is 5.75 Å². The number of amides is 1. The zero-order valence-electron chi connectivity index (χ0n) is 20.1. The summed E-state index contributed by atoms with van der Waals surface area (Å²) in [6.07, 6.45) is 0. The molecule has 1 aromatic heterocycles. The molecule has 5 rings (SSSR count). The third-order valence-electron chi connectivity index (χ3n) is 6.57. The summed E-state index contributed by atoms with van der Waals surface area (Å²) in [5.41, 5.74) is 4.65. The summed E-state index contributed by atoms with van der Waals surface area (Å²) in [7, 11) is 0. The van der Waals surface area contributed by atoms with Crippen LogP contribution in [-0.4, -0.2) is 57.0 Å². The molecule has 2 heterocycles. The first kappa shape index (κ1) is 23.5. The Morgan fingerprint density at radius 3 is 2.44 bits per heavy atom. The van der Waals surface area contributed by atoms with Gasteiger partial charge >= 0.3 is 5.69 Å². The highest BCUT2D eigenvalue weighted by Gasteiger charge is 2.22. The van der Waals surface area contributed by atoms with Gasteiger partial charge in [-0.3, -0.25) is 9.69 Å². The molecule has 0 radical (unpaired) electrons. The molecule has 1 fully saturated rings. The van der Waals surface area contributed by atoms with Crippen molar-refractivity contribution >= 4 is 5.91 Å². The van der Waals surface area contributed by atoms with E-state index in [1.165, 1.54) is 5.56 Å². The van der Waals surface area contributed by atoms with E-state index in [1.54, 1.807) is 37.3 Å². The van der Waals surface area contributed by atoms with Gasteiger partial charge in [0.05, 0.1) is 11.4 Å². The number of aromatic hydroxyl groups is 1. The van der Waals surface area contributed by atoms with Crippen LogP contribution >= 0.6 is 0 Å². The molecule has 4 aromatic rings. The number of carbonyl (C=O) groups is 1. The number of aromatic amines is 1. The molecule has 1 amide bonds. The van der Waals surface area contributed by atoms with Crippen LogP contribution in [0.3, 0.4) is 0 Å². The van der Waals surface area contributed by atoms with Gasteiger partial charge in [-0.2, -0.15) is 4.98 Å². The van der Waals surface area contributed by atoms with Crippen LogP contribution in [-0.2, 0) is 6.54 Å². The Morgan fingerprint density at radius 1 is 0.917 bits per heavy atom. The van der Waals surface area contributed by atoms with E-state index in [0.717, 1.165) is 25.2 Å². The second kappa shape index (κ2) is 10.2. The zero-order chi connectivity index (χ0) is 25.1. The number of rotatable bonds is 5. The van der Waals surface area contributed by atoms with Crippen molar-refractivity contribution < 1.29 is 9.90 Å². The number of phenols is 1. The van der Waals surface area contributed by atoms with Crippen LogP contribution in [0.15, 0.2) is 83.7 Å². The van der Waals surface area contributed by atoms with Gasteiger partial charge in [-0.05, 0) is 60.0 Å². The number of H-pyrrole nitrogens is 1. The molecule has 182 valence electrons. The predicted octanol–water partition coefficient (Wildman–Crippen LogP) is 4.08. The van der Waals surface area contributed by atoms with Gasteiger partial charge in [-0.15, -0.1) is 0 Å². The molecular formula is C29H28N4O3. The minimum absolute atomic E-state index is 0.0181. The number of nitrogens with one attached hydrogen (secondary N) is 1. The molecule has 1 saturated heterocycles. The number of hydrogen-bond acceptors (Lipinski definition) is 5. The van der Waals surface area contributed by atoms with Gasteiger partial charge in [0.2, 0.25) is 0 Å². The van der Waals surface area contributed by atoms with E-state index < -0.39 is 5.69 Å². The average molecular weight is 481 g/mol. The Hall–Kier alpha value is -4.23. The number of hydrogen-bond donors (Lipinski definition) is 2. The molecule has 0 atom stereocenters. The van der Waals surface area contributed by atoms with E-state index >= 15 is 0 Å². The molecule has 0 bridgehead atoms. The van der Waals surface area contributed by atoms with E-state index in [0.29, 0.717) is 41.2 Å². The lowest BCUT2D eigenvalue weighted by Crippen LogP contribution is -2.48. The molecule has 36 heavy (non-hydrogen) atoms. The first-order valence-corrected chi connectivity index (χ1v) is 12.0. The molecule has 1 aliphatic heterocycles. The smallest absolute Gasteiger partial charge is 0.345 e. The predicted molar refractivity (Wildman–Crippen MR) is 140 cm³/mol. The largest absolute Gasteiger partial charge is 0.508 e. The standard InChI is InChI=1S/C29H28N4O3/c1-20-16-23(10-11-27(20)34)26-18-25(30-29(36)31-26)22-8-5-9-24(17-22)28(35)33-14-12-32(13-15-33)19-21-6-3-2-4-7-21/h2-11,16-18,34H,12-15,19H2,1H3,(H,30,31,36). The lowest BCUT2D eigenvalue weighted by Gasteiger charge is -2.34. The van der Waals surface area contributed by atoms with Crippen LogP contribution in [0.1, 0.15) is 21.5 Å². The maximum absolute atomic E-state index is 13.3. The highest BCUT2D eigenvalue weighted by Crippen LogP contribution is 2.26. The molecule has 1 aliphatic rings. The second-order valence-corrected chi connectivity index (χ2v) is 9.12. The molecule has 7 nitrogen and oxygen atoms in total. The molecular weight excluding hydrogens is 452 g/mol. The first-order valence-electron chi connectivity index (χ1n) is 12.0. The van der Waals surface area contributed by atoms with Gasteiger partial charge in [-0.1, -0.05) is 42.5 Å². The Kier molecular flexibility index (Phi) is 6.64. The van der Waals surface area contributed by atoms with Crippen LogP contribution in [0.2, 0.25) is 0 Å². The number of carbonyl (C=O) groups excluding carboxylic acids is 1. The highest BCUT2D eigenvalue weighted by atomic mass is 16.3. The SMILES string of the molecule is Cc1cc(-c2cc(-c3cccc(C(=O)N4CCN(Cc5ccccc5)CC4)c3)nc(=O)[nH]2)ccc1O. The average Bonchev–Trinajstić information content (AvgIpc) is 2.90. The summed E-state index contributed by atoms with van der Waals surface area (Å²) in [4.78, 5) is 36.8. The van der Waals surface area contributed by atoms with Crippen molar-refractivity contribution in [2.24, 2.45) is 0 Å². The Balaban J connectivity index is 1.32. The number of aromatic nitrogens is 2. The fourth-order valence-corrected chi connectivity index (χ4v) is 4.53. The molecule has 3 aromatic carbocycles. The summed E-state index contributed by atoms with van der Waals surface area (Å²) in [5.74, 6) is 0.179. The maximum Gasteiger partial charge on any atom is 0.345 e. The number of benzene rings is 3. The lowest BCUT2D eigenvalue weighted by atomic mass is 10.0. The highest BCUT2D eigenvalue weighted by molar-refractivity contribution is 5.95. The molecule has 0 saturated carbocycles. The minimum atomic E-state index is -0.473. The van der Waals surface area contributed by atoms with Gasteiger partial charge in [0.25, 0.3) is 5.91 Å². The maximum atomic E-state index is 13.3. The van der Waals surface area contributed by atoms with Crippen LogP contribution in [0, 0.1) is 6.92 Å². The fraction of sp³-hybridized carbons (Fsp3) is 0.207. The van der Waals surface area contributed by atoms with Crippen LogP contribution in [0.25, 0.3) is 22.5 Å². The Morgan fingerprint density at radius 2 is 1.69 bits per heavy atom. The lowest BCUT2D eigenvalue weighted by molar-refractivity contribution is 0.0628. The van der Waals surface area contributed by atoms with Crippen molar-refractivity contribution in [2.75, 3.05) is 26.2 Å². The summed E-state index contributed by atoms with van der Waals surface area (Å²) in [6.45, 7) is 5.68. The molecule has 0 aliphatic carbocycles. The summed E-state index contributed by atoms with van der Waals surface area (Å²) in [5, 5.41) is 9.83. The zero-order valence-corrected chi connectivity index (χ0v) is 20.1. The monoisotopic (exact) mass is 480 g/mol. The molecule has 2 N–H and O–H groups in total. The third-order valence-corrected chi connectivity index (χ3v) is 6.57. The van der Waals surface area contributed by atoms with Crippen molar-refractivity contribution in [3.63, 3.8) is 0 Å². The van der Waals surface area contributed by atoms with Crippen molar-refractivity contribution in [1.82, 2.24) is 19.8 Å². The minimum Gasteiger partial charge on any atom is -0.508 e. The van der Waals surface area contributed by atoms with E-state index in [4.69, 9.17) is 0 Å². The van der Waals surface area contributed by atoms with Gasteiger partial charge in [0.15, 0.2) is 0 Å². The second-order valence-electron chi connectivity index (χ2n) is 9.12. The van der Waals surface area contributed by atoms with Gasteiger partial charge in [0, 0.05) is 43.9 Å². The number of phenolic OH excluding ortho intramolecular Hbond substituents is 1. The van der Waals surface area contributed by atoms with E-state index in [-0.39, 0.29) is 11.7 Å². The van der Waals surface area contributed by atoms with Crippen molar-refractivity contribution in [2.45, 2.75) is 13.5 Å². The molecule has 0 unspecified atom stereocenters. The van der Waals surface area contributed by atoms with Gasteiger partial charge < -0.3 is 15.0 Å². The Bertz CT molecular complexity index is 1440. The number of nitrogens with zero attached hydrogens (tertiary/aromatic N) is 3. The number of aryl methyl sites for hydroxylation is 1. The Labute approximate surface area is 209 Å². The van der Waals surface area contributed by atoms with Gasteiger partial charge in [-0.25, -0.2) is 4.79 Å². The fourth-order valence-electron chi connectivity index (χ4n) is 4.53. The quantitative estimate of drug-likeness (QED) is 0.449. The van der Waals surface area contributed by atoms with Crippen molar-refractivity contribution in [1.29, 1.82) is 0 Å². The molecule has 0 spiro atoms. The molecule has 7 heteroatoms.